The molecule has 0 unspecified atom stereocenters. The van der Waals surface area contributed by atoms with Crippen molar-refractivity contribution < 1.29 is 9.13 Å². The third kappa shape index (κ3) is 1.36. The molecular weight excluding hydrogens is 187 g/mol. The molecule has 70 valence electrons. The van der Waals surface area contributed by atoms with Gasteiger partial charge in [0.05, 0.1) is 18.6 Å². The van der Waals surface area contributed by atoms with Gasteiger partial charge in [0.1, 0.15) is 5.82 Å². The van der Waals surface area contributed by atoms with Gasteiger partial charge in [-0.2, -0.15) is 12.6 Å². The first-order valence-corrected chi connectivity index (χ1v) is 4.85. The number of thiol groups is 1. The lowest BCUT2D eigenvalue weighted by Crippen LogP contribution is -2.49. The molecule has 1 nitrogen and oxygen atoms in total. The first-order chi connectivity index (χ1) is 6.28. The zero-order valence-electron chi connectivity index (χ0n) is 7.16. The van der Waals surface area contributed by atoms with Gasteiger partial charge in [0, 0.05) is 5.75 Å². The van der Waals surface area contributed by atoms with E-state index < -0.39 is 0 Å². The zero-order valence-corrected chi connectivity index (χ0v) is 8.06. The van der Waals surface area contributed by atoms with Crippen LogP contribution in [0.2, 0.25) is 0 Å². The Balaban J connectivity index is 2.38. The fourth-order valence-electron chi connectivity index (χ4n) is 1.57. The van der Waals surface area contributed by atoms with E-state index in [-0.39, 0.29) is 11.2 Å². The number of halogens is 1. The highest BCUT2D eigenvalue weighted by atomic mass is 32.1. The normalized spacial score (nSPS) is 19.5. The summed E-state index contributed by atoms with van der Waals surface area (Å²) >= 11 is 4.24. The number of benzene rings is 1. The minimum absolute atomic E-state index is 0.153. The largest absolute Gasteiger partial charge is 0.379 e. The fourth-order valence-corrected chi connectivity index (χ4v) is 1.92. The Morgan fingerprint density at radius 1 is 1.38 bits per heavy atom. The van der Waals surface area contributed by atoms with Gasteiger partial charge < -0.3 is 4.74 Å². The Bertz CT molecular complexity index is 304. The van der Waals surface area contributed by atoms with Crippen molar-refractivity contribution in [2.75, 3.05) is 19.0 Å². The SMILES string of the molecule is Fc1ccccc1C1(CS)COC1. The summed E-state index contributed by atoms with van der Waals surface area (Å²) in [7, 11) is 0. The van der Waals surface area contributed by atoms with Crippen LogP contribution in [0.25, 0.3) is 0 Å². The quantitative estimate of drug-likeness (QED) is 0.715. The van der Waals surface area contributed by atoms with E-state index in [1.165, 1.54) is 6.07 Å². The minimum atomic E-state index is -0.186. The van der Waals surface area contributed by atoms with Crippen molar-refractivity contribution in [2.24, 2.45) is 0 Å². The summed E-state index contributed by atoms with van der Waals surface area (Å²) in [4.78, 5) is 0. The maximum absolute atomic E-state index is 13.4. The van der Waals surface area contributed by atoms with E-state index in [1.807, 2.05) is 12.1 Å². The molecule has 13 heavy (non-hydrogen) atoms. The summed E-state index contributed by atoms with van der Waals surface area (Å²) in [5, 5.41) is 0. The number of ether oxygens (including phenoxy) is 1. The highest BCUT2D eigenvalue weighted by molar-refractivity contribution is 7.80. The van der Waals surface area contributed by atoms with E-state index in [4.69, 9.17) is 4.74 Å². The maximum atomic E-state index is 13.4. The Morgan fingerprint density at radius 2 is 2.08 bits per heavy atom. The molecule has 0 amide bonds. The molecule has 0 aromatic heterocycles. The topological polar surface area (TPSA) is 9.23 Å². The van der Waals surface area contributed by atoms with Crippen molar-refractivity contribution in [1.29, 1.82) is 0 Å². The lowest BCUT2D eigenvalue weighted by atomic mass is 9.80. The van der Waals surface area contributed by atoms with Gasteiger partial charge in [-0.25, -0.2) is 4.39 Å². The van der Waals surface area contributed by atoms with Crippen LogP contribution in [0.3, 0.4) is 0 Å². The van der Waals surface area contributed by atoms with Crippen LogP contribution in [0.5, 0.6) is 0 Å². The van der Waals surface area contributed by atoms with Gasteiger partial charge in [0.25, 0.3) is 0 Å². The van der Waals surface area contributed by atoms with Crippen molar-refractivity contribution in [1.82, 2.24) is 0 Å². The summed E-state index contributed by atoms with van der Waals surface area (Å²) in [6, 6.07) is 6.85. The average Bonchev–Trinajstić information content (AvgIpc) is 2.07. The van der Waals surface area contributed by atoms with Crippen LogP contribution in [-0.4, -0.2) is 19.0 Å². The Kier molecular flexibility index (Phi) is 2.30. The standard InChI is InChI=1S/C10H11FOS/c11-9-4-2-1-3-8(9)10(7-13)5-12-6-10/h1-4,13H,5-7H2. The molecular formula is C10H11FOS. The second-order valence-corrected chi connectivity index (χ2v) is 3.73. The second-order valence-electron chi connectivity index (χ2n) is 3.41. The molecule has 1 saturated heterocycles. The summed E-state index contributed by atoms with van der Waals surface area (Å²) in [5.41, 5.74) is 0.547. The summed E-state index contributed by atoms with van der Waals surface area (Å²) in [5.74, 6) is 0.480. The number of hydrogen-bond acceptors (Lipinski definition) is 2. The first-order valence-electron chi connectivity index (χ1n) is 4.22. The lowest BCUT2D eigenvalue weighted by molar-refractivity contribution is -0.0486. The van der Waals surface area contributed by atoms with Crippen molar-refractivity contribution in [2.45, 2.75) is 5.41 Å². The van der Waals surface area contributed by atoms with Gasteiger partial charge in [0.2, 0.25) is 0 Å². The van der Waals surface area contributed by atoms with Crippen LogP contribution in [0.4, 0.5) is 4.39 Å². The van der Waals surface area contributed by atoms with Crippen LogP contribution in [0.15, 0.2) is 24.3 Å². The minimum Gasteiger partial charge on any atom is -0.379 e. The van der Waals surface area contributed by atoms with Gasteiger partial charge >= 0.3 is 0 Å². The lowest BCUT2D eigenvalue weighted by Gasteiger charge is -2.40. The maximum Gasteiger partial charge on any atom is 0.127 e. The summed E-state index contributed by atoms with van der Waals surface area (Å²) in [6.07, 6.45) is 0. The average molecular weight is 198 g/mol. The van der Waals surface area contributed by atoms with Crippen LogP contribution in [-0.2, 0) is 10.2 Å². The third-order valence-corrected chi connectivity index (χ3v) is 3.11. The van der Waals surface area contributed by atoms with Crippen molar-refractivity contribution in [3.05, 3.63) is 35.6 Å². The molecule has 2 rings (SSSR count). The molecule has 0 radical (unpaired) electrons. The highest BCUT2D eigenvalue weighted by Crippen LogP contribution is 2.34. The number of hydrogen-bond donors (Lipinski definition) is 1. The van der Waals surface area contributed by atoms with Crippen LogP contribution in [0, 0.1) is 5.82 Å². The van der Waals surface area contributed by atoms with Gasteiger partial charge in [0.15, 0.2) is 0 Å². The second kappa shape index (κ2) is 3.31. The molecule has 3 heteroatoms. The van der Waals surface area contributed by atoms with Gasteiger partial charge in [-0.3, -0.25) is 0 Å². The van der Waals surface area contributed by atoms with Crippen molar-refractivity contribution in [3.63, 3.8) is 0 Å². The van der Waals surface area contributed by atoms with Gasteiger partial charge in [-0.1, -0.05) is 18.2 Å². The predicted molar refractivity (Wildman–Crippen MR) is 52.8 cm³/mol. The molecule has 0 N–H and O–H groups in total. The molecule has 1 aromatic carbocycles. The summed E-state index contributed by atoms with van der Waals surface area (Å²) in [6.45, 7) is 1.16. The molecule has 1 fully saturated rings. The molecule has 0 atom stereocenters. The van der Waals surface area contributed by atoms with Crippen LogP contribution >= 0.6 is 12.6 Å². The van der Waals surface area contributed by atoms with Crippen LogP contribution in [0.1, 0.15) is 5.56 Å². The zero-order chi connectivity index (χ0) is 9.31. The monoisotopic (exact) mass is 198 g/mol. The molecule has 0 bridgehead atoms. The Hall–Kier alpha value is -0.540. The molecule has 0 spiro atoms. The van der Waals surface area contributed by atoms with E-state index >= 15 is 0 Å². The van der Waals surface area contributed by atoms with Crippen LogP contribution < -0.4 is 0 Å². The van der Waals surface area contributed by atoms with E-state index in [1.54, 1.807) is 6.07 Å². The third-order valence-electron chi connectivity index (χ3n) is 2.50. The fraction of sp³-hybridized carbons (Fsp3) is 0.400. The molecule has 1 aromatic rings. The van der Waals surface area contributed by atoms with E-state index in [0.717, 1.165) is 5.56 Å². The smallest absolute Gasteiger partial charge is 0.127 e. The van der Waals surface area contributed by atoms with Gasteiger partial charge in [-0.15, -0.1) is 0 Å². The summed E-state index contributed by atoms with van der Waals surface area (Å²) < 4.78 is 18.5. The molecule has 0 aliphatic carbocycles. The highest BCUT2D eigenvalue weighted by Gasteiger charge is 2.40. The Labute approximate surface area is 82.3 Å². The van der Waals surface area contributed by atoms with Gasteiger partial charge in [-0.05, 0) is 11.6 Å². The molecule has 0 saturated carbocycles. The first kappa shape index (κ1) is 9.03. The molecule has 1 heterocycles. The predicted octanol–water partition coefficient (Wildman–Crippen LogP) is 2.02. The molecule has 1 aliphatic heterocycles. The van der Waals surface area contributed by atoms with E-state index in [2.05, 4.69) is 12.6 Å². The Morgan fingerprint density at radius 3 is 2.54 bits per heavy atom. The molecule has 1 aliphatic rings. The number of rotatable bonds is 2. The van der Waals surface area contributed by atoms with Crippen molar-refractivity contribution >= 4 is 12.6 Å². The van der Waals surface area contributed by atoms with E-state index in [0.29, 0.717) is 19.0 Å². The van der Waals surface area contributed by atoms with Crippen molar-refractivity contribution in [3.8, 4) is 0 Å². The van der Waals surface area contributed by atoms with E-state index in [9.17, 15) is 4.39 Å².